The van der Waals surface area contributed by atoms with E-state index in [1.165, 1.54) is 12.6 Å². The highest BCUT2D eigenvalue weighted by Gasteiger charge is 2.43. The van der Waals surface area contributed by atoms with Gasteiger partial charge in [-0.05, 0) is 24.7 Å². The summed E-state index contributed by atoms with van der Waals surface area (Å²) in [6.07, 6.45) is 2.35. The van der Waals surface area contributed by atoms with Crippen molar-refractivity contribution in [2.75, 3.05) is 20.3 Å². The lowest BCUT2D eigenvalue weighted by Crippen LogP contribution is -2.31. The number of aliphatic hydroxyl groups is 1. The Morgan fingerprint density at radius 2 is 2.30 bits per heavy atom. The van der Waals surface area contributed by atoms with Gasteiger partial charge in [0.25, 0.3) is 10.0 Å². The summed E-state index contributed by atoms with van der Waals surface area (Å²) >= 11 is 0.873. The number of rotatable bonds is 7. The first kappa shape index (κ1) is 15.4. The normalized spacial score (nSPS) is 16.9. The van der Waals surface area contributed by atoms with Crippen molar-refractivity contribution >= 4 is 27.3 Å². The van der Waals surface area contributed by atoms with Gasteiger partial charge in [-0.25, -0.2) is 22.9 Å². The van der Waals surface area contributed by atoms with Crippen molar-refractivity contribution in [2.45, 2.75) is 23.5 Å². The molecule has 0 atom stereocenters. The standard InChI is InChI=1S/C11H16N2O5S2/c1-18-9(15)8-10(19-7-12-8)20(16,17)13-6-11(2-3-11)4-5-14/h7,13-14H,2-6H2,1H3. The fraction of sp³-hybridized carbons (Fsp3) is 0.636. The number of aliphatic hydroxyl groups excluding tert-OH is 1. The monoisotopic (exact) mass is 320 g/mol. The van der Waals surface area contributed by atoms with Crippen LogP contribution < -0.4 is 4.72 Å². The first-order chi connectivity index (χ1) is 9.44. The molecule has 9 heteroatoms. The molecule has 0 radical (unpaired) electrons. The second-order valence-corrected chi connectivity index (χ2v) is 7.60. The lowest BCUT2D eigenvalue weighted by Gasteiger charge is -2.14. The summed E-state index contributed by atoms with van der Waals surface area (Å²) in [4.78, 5) is 15.2. The molecule has 0 aromatic carbocycles. The SMILES string of the molecule is COC(=O)c1ncsc1S(=O)(=O)NCC1(CCO)CC1. The minimum atomic E-state index is -3.79. The van der Waals surface area contributed by atoms with Crippen LogP contribution in [-0.2, 0) is 14.8 Å². The van der Waals surface area contributed by atoms with Crippen molar-refractivity contribution < 1.29 is 23.1 Å². The Morgan fingerprint density at radius 3 is 2.85 bits per heavy atom. The number of hydrogen-bond donors (Lipinski definition) is 2. The van der Waals surface area contributed by atoms with E-state index in [0.717, 1.165) is 24.2 Å². The summed E-state index contributed by atoms with van der Waals surface area (Å²) in [6, 6.07) is 0. The zero-order valence-corrected chi connectivity index (χ0v) is 12.6. The number of hydrogen-bond acceptors (Lipinski definition) is 7. The Morgan fingerprint density at radius 1 is 1.60 bits per heavy atom. The Kier molecular flexibility index (Phi) is 4.43. The summed E-state index contributed by atoms with van der Waals surface area (Å²) in [5.74, 6) is -0.775. The molecule has 0 spiro atoms. The number of esters is 1. The van der Waals surface area contributed by atoms with Crippen LogP contribution in [0.4, 0.5) is 0 Å². The van der Waals surface area contributed by atoms with Crippen LogP contribution >= 0.6 is 11.3 Å². The first-order valence-corrected chi connectivity index (χ1v) is 8.43. The number of sulfonamides is 1. The highest BCUT2D eigenvalue weighted by atomic mass is 32.2. The van der Waals surface area contributed by atoms with Gasteiger partial charge >= 0.3 is 5.97 Å². The van der Waals surface area contributed by atoms with E-state index in [0.29, 0.717) is 6.42 Å². The number of nitrogens with zero attached hydrogens (tertiary/aromatic N) is 1. The molecule has 0 amide bonds. The number of methoxy groups -OCH3 is 1. The molecule has 20 heavy (non-hydrogen) atoms. The van der Waals surface area contributed by atoms with Gasteiger partial charge in [0.2, 0.25) is 0 Å². The van der Waals surface area contributed by atoms with Gasteiger partial charge in [0.15, 0.2) is 9.90 Å². The van der Waals surface area contributed by atoms with Crippen LogP contribution in [0.1, 0.15) is 29.8 Å². The van der Waals surface area contributed by atoms with Crippen molar-refractivity contribution in [1.82, 2.24) is 9.71 Å². The highest BCUT2D eigenvalue weighted by molar-refractivity contribution is 7.91. The molecular formula is C11H16N2O5S2. The van der Waals surface area contributed by atoms with Crippen LogP contribution in [0.2, 0.25) is 0 Å². The summed E-state index contributed by atoms with van der Waals surface area (Å²) in [5, 5.41) is 8.96. The van der Waals surface area contributed by atoms with Crippen LogP contribution in [0, 0.1) is 5.41 Å². The summed E-state index contributed by atoms with van der Waals surface area (Å²) in [7, 11) is -2.62. The maximum atomic E-state index is 12.2. The second kappa shape index (κ2) is 5.76. The van der Waals surface area contributed by atoms with Gasteiger partial charge in [0.1, 0.15) is 0 Å². The molecule has 1 fully saturated rings. The van der Waals surface area contributed by atoms with Crippen molar-refractivity contribution in [3.8, 4) is 0 Å². The predicted octanol–water partition coefficient (Wildman–Crippen LogP) is 0.371. The minimum Gasteiger partial charge on any atom is -0.464 e. The molecule has 1 aromatic rings. The maximum absolute atomic E-state index is 12.2. The largest absolute Gasteiger partial charge is 0.464 e. The van der Waals surface area contributed by atoms with E-state index in [-0.39, 0.29) is 28.5 Å². The molecular weight excluding hydrogens is 304 g/mol. The molecule has 0 bridgehead atoms. The van der Waals surface area contributed by atoms with Gasteiger partial charge in [0, 0.05) is 13.2 Å². The van der Waals surface area contributed by atoms with Gasteiger partial charge in [-0.15, -0.1) is 11.3 Å². The molecule has 1 aliphatic carbocycles. The van der Waals surface area contributed by atoms with Crippen LogP contribution in [0.15, 0.2) is 9.72 Å². The van der Waals surface area contributed by atoms with E-state index >= 15 is 0 Å². The quantitative estimate of drug-likeness (QED) is 0.703. The molecule has 1 saturated carbocycles. The lowest BCUT2D eigenvalue weighted by atomic mass is 10.0. The van der Waals surface area contributed by atoms with E-state index < -0.39 is 16.0 Å². The Labute approximate surface area is 121 Å². The Balaban J connectivity index is 2.11. The molecule has 2 rings (SSSR count). The topological polar surface area (TPSA) is 106 Å². The van der Waals surface area contributed by atoms with Crippen LogP contribution in [0.25, 0.3) is 0 Å². The summed E-state index contributed by atoms with van der Waals surface area (Å²) < 4.78 is 31.3. The predicted molar refractivity (Wildman–Crippen MR) is 72.0 cm³/mol. The van der Waals surface area contributed by atoms with Crippen molar-refractivity contribution in [3.05, 3.63) is 11.2 Å². The lowest BCUT2D eigenvalue weighted by molar-refractivity contribution is 0.0590. The van der Waals surface area contributed by atoms with Crippen LogP contribution in [0.3, 0.4) is 0 Å². The second-order valence-electron chi connectivity index (χ2n) is 4.78. The molecule has 1 aliphatic rings. The van der Waals surface area contributed by atoms with Gasteiger partial charge in [-0.3, -0.25) is 0 Å². The molecule has 7 nitrogen and oxygen atoms in total. The van der Waals surface area contributed by atoms with E-state index in [4.69, 9.17) is 5.11 Å². The van der Waals surface area contributed by atoms with Gasteiger partial charge in [0.05, 0.1) is 12.6 Å². The van der Waals surface area contributed by atoms with Crippen molar-refractivity contribution in [2.24, 2.45) is 5.41 Å². The number of nitrogens with one attached hydrogen (secondary N) is 1. The number of carbonyl (C=O) groups is 1. The average Bonchev–Trinajstić information content (AvgIpc) is 3.00. The Hall–Kier alpha value is -1.03. The fourth-order valence-electron chi connectivity index (χ4n) is 1.90. The third-order valence-corrected chi connectivity index (χ3v) is 6.17. The molecule has 112 valence electrons. The average molecular weight is 320 g/mol. The number of thiazole rings is 1. The van der Waals surface area contributed by atoms with Crippen LogP contribution in [0.5, 0.6) is 0 Å². The van der Waals surface area contributed by atoms with Gasteiger partial charge < -0.3 is 9.84 Å². The zero-order valence-electron chi connectivity index (χ0n) is 11.0. The number of ether oxygens (including phenoxy) is 1. The van der Waals surface area contributed by atoms with E-state index in [2.05, 4.69) is 14.4 Å². The number of carbonyl (C=O) groups excluding carboxylic acids is 1. The van der Waals surface area contributed by atoms with Crippen molar-refractivity contribution in [1.29, 1.82) is 0 Å². The van der Waals surface area contributed by atoms with E-state index in [1.54, 1.807) is 0 Å². The number of aromatic nitrogens is 1. The molecule has 0 unspecified atom stereocenters. The summed E-state index contributed by atoms with van der Waals surface area (Å²) in [5.41, 5.74) is 0.955. The minimum absolute atomic E-state index is 0.0374. The molecule has 0 aliphatic heterocycles. The molecule has 2 N–H and O–H groups in total. The fourth-order valence-corrected chi connectivity index (χ4v) is 4.23. The van der Waals surface area contributed by atoms with Gasteiger partial charge in [-0.1, -0.05) is 0 Å². The zero-order chi connectivity index (χ0) is 14.8. The highest BCUT2D eigenvalue weighted by Crippen LogP contribution is 2.48. The van der Waals surface area contributed by atoms with Gasteiger partial charge in [-0.2, -0.15) is 0 Å². The van der Waals surface area contributed by atoms with Crippen LogP contribution in [-0.4, -0.2) is 44.7 Å². The summed E-state index contributed by atoms with van der Waals surface area (Å²) in [6.45, 7) is 0.296. The Bertz CT molecular complexity index is 592. The first-order valence-electron chi connectivity index (χ1n) is 6.06. The van der Waals surface area contributed by atoms with E-state index in [1.807, 2.05) is 0 Å². The molecule has 0 saturated heterocycles. The smallest absolute Gasteiger partial charge is 0.358 e. The maximum Gasteiger partial charge on any atom is 0.358 e. The van der Waals surface area contributed by atoms with E-state index in [9.17, 15) is 13.2 Å². The third kappa shape index (κ3) is 3.17. The third-order valence-electron chi connectivity index (χ3n) is 3.39. The molecule has 1 aromatic heterocycles. The molecule has 1 heterocycles. The van der Waals surface area contributed by atoms with Crippen molar-refractivity contribution in [3.63, 3.8) is 0 Å².